The summed E-state index contributed by atoms with van der Waals surface area (Å²) in [4.78, 5) is 6.99. The van der Waals surface area contributed by atoms with Crippen molar-refractivity contribution in [3.05, 3.63) is 46.1 Å². The second-order valence-corrected chi connectivity index (χ2v) is 10.9. The Kier molecular flexibility index (Phi) is 4.41. The molecule has 1 aromatic heterocycles. The van der Waals surface area contributed by atoms with E-state index in [9.17, 15) is 0 Å². The first-order valence-electron chi connectivity index (χ1n) is 11.4. The van der Waals surface area contributed by atoms with Crippen molar-refractivity contribution in [2.24, 2.45) is 22.7 Å². The van der Waals surface area contributed by atoms with E-state index in [0.29, 0.717) is 5.41 Å². The van der Waals surface area contributed by atoms with Crippen LogP contribution in [0, 0.1) is 17.8 Å². The molecule has 1 aromatic carbocycles. The van der Waals surface area contributed by atoms with Gasteiger partial charge in [-0.05, 0) is 108 Å². The summed E-state index contributed by atoms with van der Waals surface area (Å²) in [5.74, 6) is 4.72. The molecule has 4 heteroatoms. The molecule has 5 aliphatic rings. The summed E-state index contributed by atoms with van der Waals surface area (Å²) >= 11 is 3.64. The van der Waals surface area contributed by atoms with Crippen LogP contribution < -0.4 is 4.90 Å². The van der Waals surface area contributed by atoms with Gasteiger partial charge in [-0.1, -0.05) is 12.1 Å². The van der Waals surface area contributed by atoms with E-state index in [0.717, 1.165) is 52.6 Å². The van der Waals surface area contributed by atoms with Gasteiger partial charge in [-0.25, -0.2) is 0 Å². The van der Waals surface area contributed by atoms with Crippen LogP contribution >= 0.6 is 15.9 Å². The van der Waals surface area contributed by atoms with Gasteiger partial charge in [0.05, 0.1) is 16.4 Å². The third kappa shape index (κ3) is 3.28. The first kappa shape index (κ1) is 18.2. The van der Waals surface area contributed by atoms with E-state index < -0.39 is 0 Å². The highest BCUT2D eigenvalue weighted by molar-refractivity contribution is 9.10. The Morgan fingerprint density at radius 3 is 2.21 bits per heavy atom. The van der Waals surface area contributed by atoms with Crippen molar-refractivity contribution < 1.29 is 4.42 Å². The molecule has 3 nitrogen and oxygen atoms in total. The van der Waals surface area contributed by atoms with Crippen LogP contribution in [0.5, 0.6) is 0 Å². The van der Waals surface area contributed by atoms with E-state index in [-0.39, 0.29) is 0 Å². The maximum atomic E-state index is 6.04. The molecule has 2 aromatic rings. The summed E-state index contributed by atoms with van der Waals surface area (Å²) in [7, 11) is 0. The van der Waals surface area contributed by atoms with Crippen LogP contribution in [0.4, 0.5) is 11.6 Å². The van der Waals surface area contributed by atoms with Gasteiger partial charge in [0.1, 0.15) is 5.76 Å². The third-order valence-corrected chi connectivity index (χ3v) is 8.51. The molecule has 152 valence electrons. The third-order valence-electron chi connectivity index (χ3n) is 7.94. The number of nitrogens with zero attached hydrogens (tertiary/aromatic N) is 2. The zero-order chi connectivity index (χ0) is 19.4. The van der Waals surface area contributed by atoms with Gasteiger partial charge >= 0.3 is 0 Å². The smallest absolute Gasteiger partial charge is 0.210 e. The monoisotopic (exact) mass is 452 g/mol. The number of hydrogen-bond acceptors (Lipinski definition) is 3. The molecule has 0 atom stereocenters. The quantitative estimate of drug-likeness (QED) is 0.473. The van der Waals surface area contributed by atoms with Crippen molar-refractivity contribution in [2.75, 3.05) is 18.0 Å². The molecule has 0 amide bonds. The predicted octanol–water partition coefficient (Wildman–Crippen LogP) is 6.86. The molecule has 1 saturated heterocycles. The van der Waals surface area contributed by atoms with Crippen LogP contribution in [0.1, 0.15) is 62.7 Å². The minimum atomic E-state index is 0.466. The number of anilines is 1. The summed E-state index contributed by atoms with van der Waals surface area (Å²) in [6.07, 6.45) is 13.1. The molecule has 7 rings (SSSR count). The van der Waals surface area contributed by atoms with Crippen molar-refractivity contribution in [1.29, 1.82) is 0 Å². The van der Waals surface area contributed by atoms with Crippen molar-refractivity contribution in [2.45, 2.75) is 56.8 Å². The minimum absolute atomic E-state index is 0.466. The van der Waals surface area contributed by atoms with Crippen molar-refractivity contribution >= 4 is 33.7 Å². The lowest BCUT2D eigenvalue weighted by molar-refractivity contribution is -0.00518. The van der Waals surface area contributed by atoms with E-state index in [1.165, 1.54) is 51.4 Å². The van der Waals surface area contributed by atoms with Gasteiger partial charge in [0.25, 0.3) is 0 Å². The zero-order valence-electron chi connectivity index (χ0n) is 16.9. The Morgan fingerprint density at radius 2 is 1.59 bits per heavy atom. The van der Waals surface area contributed by atoms with Gasteiger partial charge in [-0.2, -0.15) is 0 Å². The average molecular weight is 453 g/mol. The summed E-state index contributed by atoms with van der Waals surface area (Å²) in [6.45, 7) is 2.16. The molecular weight excluding hydrogens is 424 g/mol. The predicted molar refractivity (Wildman–Crippen MR) is 121 cm³/mol. The van der Waals surface area contributed by atoms with E-state index in [1.807, 2.05) is 12.3 Å². The highest BCUT2D eigenvalue weighted by Gasteiger charge is 2.51. The fourth-order valence-electron chi connectivity index (χ4n) is 7.08. The lowest BCUT2D eigenvalue weighted by Crippen LogP contribution is -2.48. The number of benzene rings is 1. The van der Waals surface area contributed by atoms with E-state index in [4.69, 9.17) is 4.42 Å². The number of halogens is 1. The van der Waals surface area contributed by atoms with E-state index in [1.54, 1.807) is 5.56 Å². The summed E-state index contributed by atoms with van der Waals surface area (Å²) < 4.78 is 7.06. The van der Waals surface area contributed by atoms with Crippen LogP contribution in [-0.4, -0.2) is 19.3 Å². The van der Waals surface area contributed by atoms with Gasteiger partial charge in [0, 0.05) is 19.2 Å². The van der Waals surface area contributed by atoms with E-state index in [2.05, 4.69) is 50.1 Å². The van der Waals surface area contributed by atoms with E-state index >= 15 is 0 Å². The SMILES string of the molecule is Brc1cc(C=Nc2ccc(C34CC5CC(CC(C5)C3)C4)cc2)oc1N1CCCC1. The van der Waals surface area contributed by atoms with Gasteiger partial charge in [0.2, 0.25) is 5.88 Å². The van der Waals surface area contributed by atoms with Crippen LogP contribution in [0.3, 0.4) is 0 Å². The summed E-state index contributed by atoms with van der Waals surface area (Å²) in [5.41, 5.74) is 3.04. The Hall–Kier alpha value is -1.55. The van der Waals surface area contributed by atoms with Crippen molar-refractivity contribution in [3.63, 3.8) is 0 Å². The van der Waals surface area contributed by atoms with Gasteiger partial charge in [0.15, 0.2) is 0 Å². The number of rotatable bonds is 4. The minimum Gasteiger partial charge on any atom is -0.438 e. The summed E-state index contributed by atoms with van der Waals surface area (Å²) in [5, 5.41) is 0. The molecule has 0 unspecified atom stereocenters. The lowest BCUT2D eigenvalue weighted by Gasteiger charge is -2.57. The lowest BCUT2D eigenvalue weighted by atomic mass is 9.48. The molecule has 5 fully saturated rings. The first-order chi connectivity index (χ1) is 14.2. The molecule has 29 heavy (non-hydrogen) atoms. The maximum absolute atomic E-state index is 6.04. The normalized spacial score (nSPS) is 33.3. The Labute approximate surface area is 181 Å². The molecule has 2 heterocycles. The number of hydrogen-bond donors (Lipinski definition) is 0. The summed E-state index contributed by atoms with van der Waals surface area (Å²) in [6, 6.07) is 11.1. The topological polar surface area (TPSA) is 28.7 Å². The fraction of sp³-hybridized carbons (Fsp3) is 0.560. The van der Waals surface area contributed by atoms with Gasteiger partial charge < -0.3 is 9.32 Å². The molecule has 0 spiro atoms. The maximum Gasteiger partial charge on any atom is 0.210 e. The molecule has 0 N–H and O–H groups in total. The van der Waals surface area contributed by atoms with Crippen LogP contribution in [-0.2, 0) is 5.41 Å². The number of aliphatic imine (C=N–C) groups is 1. The molecule has 1 aliphatic heterocycles. The van der Waals surface area contributed by atoms with Gasteiger partial charge in [-0.15, -0.1) is 0 Å². The molecular formula is C25H29BrN2O. The molecule has 4 bridgehead atoms. The van der Waals surface area contributed by atoms with Crippen molar-refractivity contribution in [3.8, 4) is 0 Å². The number of furan rings is 1. The second kappa shape index (κ2) is 7.01. The van der Waals surface area contributed by atoms with Crippen molar-refractivity contribution in [1.82, 2.24) is 0 Å². The van der Waals surface area contributed by atoms with Gasteiger partial charge in [-0.3, -0.25) is 4.99 Å². The Bertz CT molecular complexity index is 888. The van der Waals surface area contributed by atoms with Crippen LogP contribution in [0.2, 0.25) is 0 Å². The highest BCUT2D eigenvalue weighted by atomic mass is 79.9. The van der Waals surface area contributed by atoms with Crippen LogP contribution in [0.25, 0.3) is 0 Å². The first-order valence-corrected chi connectivity index (χ1v) is 12.2. The molecule has 0 radical (unpaired) electrons. The Balaban J connectivity index is 1.19. The fourth-order valence-corrected chi connectivity index (χ4v) is 7.64. The standard InChI is InChI=1S/C25H29BrN2O/c26-23-12-22(29-24(23)28-7-1-2-8-28)16-27-21-5-3-20(4-6-21)25-13-17-9-18(14-25)11-19(10-17)15-25/h3-6,12,16-19H,1-2,7-11,13-15H2. The second-order valence-electron chi connectivity index (χ2n) is 10.00. The Morgan fingerprint density at radius 1 is 0.966 bits per heavy atom. The molecule has 4 aliphatic carbocycles. The zero-order valence-corrected chi connectivity index (χ0v) is 18.5. The average Bonchev–Trinajstić information content (AvgIpc) is 3.35. The highest BCUT2D eigenvalue weighted by Crippen LogP contribution is 2.60. The largest absolute Gasteiger partial charge is 0.438 e. The van der Waals surface area contributed by atoms with Crippen LogP contribution in [0.15, 0.2) is 44.2 Å². The molecule has 4 saturated carbocycles.